The molecular weight excluding hydrogens is 374 g/mol. The molecule has 1 amide bonds. The monoisotopic (exact) mass is 395 g/mol. The summed E-state index contributed by atoms with van der Waals surface area (Å²) in [6, 6.07) is 6.92. The number of piperidine rings is 1. The van der Waals surface area contributed by atoms with Crippen molar-refractivity contribution in [1.82, 2.24) is 9.88 Å². The Morgan fingerprint density at radius 3 is 2.76 bits per heavy atom. The van der Waals surface area contributed by atoms with Crippen LogP contribution in [0.1, 0.15) is 41.6 Å². The Bertz CT molecular complexity index is 1160. The van der Waals surface area contributed by atoms with Gasteiger partial charge in [0.1, 0.15) is 17.0 Å². The minimum absolute atomic E-state index is 0.0444. The van der Waals surface area contributed by atoms with Crippen LogP contribution in [-0.4, -0.2) is 42.0 Å². The lowest BCUT2D eigenvalue weighted by Gasteiger charge is -2.29. The van der Waals surface area contributed by atoms with E-state index in [1.54, 1.807) is 17.9 Å². The van der Waals surface area contributed by atoms with Gasteiger partial charge < -0.3 is 19.8 Å². The SMILES string of the molecule is CCOC(=O)c1cc2c(=O)c3cc(C4CCN(C=O)CC4)ccc3oc2nc1N. The number of rotatable bonds is 4. The Morgan fingerprint density at radius 1 is 1.31 bits per heavy atom. The predicted molar refractivity (Wildman–Crippen MR) is 108 cm³/mol. The fraction of sp³-hybridized carbons (Fsp3) is 0.333. The van der Waals surface area contributed by atoms with E-state index in [1.807, 2.05) is 12.1 Å². The molecule has 0 saturated carbocycles. The van der Waals surface area contributed by atoms with Crippen LogP contribution in [0.3, 0.4) is 0 Å². The van der Waals surface area contributed by atoms with Crippen molar-refractivity contribution in [1.29, 1.82) is 0 Å². The van der Waals surface area contributed by atoms with Crippen LogP contribution in [0.4, 0.5) is 5.82 Å². The summed E-state index contributed by atoms with van der Waals surface area (Å²) >= 11 is 0. The lowest BCUT2D eigenvalue weighted by molar-refractivity contribution is -0.119. The van der Waals surface area contributed by atoms with Gasteiger partial charge >= 0.3 is 5.97 Å². The van der Waals surface area contributed by atoms with E-state index < -0.39 is 5.97 Å². The second-order valence-corrected chi connectivity index (χ2v) is 7.10. The van der Waals surface area contributed by atoms with Gasteiger partial charge in [-0.15, -0.1) is 0 Å². The second-order valence-electron chi connectivity index (χ2n) is 7.10. The Balaban J connectivity index is 1.79. The number of benzene rings is 1. The molecular formula is C21H21N3O5. The number of anilines is 1. The first-order valence-electron chi connectivity index (χ1n) is 9.55. The first-order valence-corrected chi connectivity index (χ1v) is 9.55. The highest BCUT2D eigenvalue weighted by atomic mass is 16.5. The average Bonchev–Trinajstić information content (AvgIpc) is 2.73. The zero-order valence-electron chi connectivity index (χ0n) is 16.0. The largest absolute Gasteiger partial charge is 0.462 e. The number of aromatic nitrogens is 1. The maximum absolute atomic E-state index is 13.1. The highest BCUT2D eigenvalue weighted by Gasteiger charge is 2.22. The van der Waals surface area contributed by atoms with Gasteiger partial charge in [0.05, 0.1) is 17.4 Å². The van der Waals surface area contributed by atoms with Gasteiger partial charge in [0.2, 0.25) is 17.6 Å². The van der Waals surface area contributed by atoms with Crippen LogP contribution >= 0.6 is 0 Å². The number of carbonyl (C=O) groups is 2. The van der Waals surface area contributed by atoms with Crippen molar-refractivity contribution >= 4 is 40.3 Å². The summed E-state index contributed by atoms with van der Waals surface area (Å²) in [4.78, 5) is 42.0. The molecule has 0 radical (unpaired) electrons. The highest BCUT2D eigenvalue weighted by Crippen LogP contribution is 2.30. The Kier molecular flexibility index (Phi) is 4.92. The third-order valence-corrected chi connectivity index (χ3v) is 5.36. The molecule has 29 heavy (non-hydrogen) atoms. The van der Waals surface area contributed by atoms with Crippen LogP contribution in [0, 0.1) is 0 Å². The van der Waals surface area contributed by atoms with Crippen molar-refractivity contribution in [3.8, 4) is 0 Å². The zero-order valence-corrected chi connectivity index (χ0v) is 16.0. The van der Waals surface area contributed by atoms with E-state index in [9.17, 15) is 14.4 Å². The van der Waals surface area contributed by atoms with Crippen LogP contribution in [-0.2, 0) is 9.53 Å². The molecule has 2 N–H and O–H groups in total. The van der Waals surface area contributed by atoms with Crippen LogP contribution < -0.4 is 11.2 Å². The molecule has 0 bridgehead atoms. The molecule has 3 heterocycles. The van der Waals surface area contributed by atoms with Crippen molar-refractivity contribution in [2.45, 2.75) is 25.7 Å². The molecule has 3 aromatic rings. The fourth-order valence-electron chi connectivity index (χ4n) is 3.78. The number of amides is 1. The van der Waals surface area contributed by atoms with Gasteiger partial charge in [-0.25, -0.2) is 4.79 Å². The van der Waals surface area contributed by atoms with Gasteiger partial charge in [0, 0.05) is 13.1 Å². The van der Waals surface area contributed by atoms with Crippen LogP contribution in [0.5, 0.6) is 0 Å². The first-order chi connectivity index (χ1) is 14.0. The summed E-state index contributed by atoms with van der Waals surface area (Å²) in [5.41, 5.74) is 7.15. The first kappa shape index (κ1) is 18.9. The third kappa shape index (κ3) is 3.41. The molecule has 1 aliphatic heterocycles. The smallest absolute Gasteiger partial charge is 0.341 e. The molecule has 0 spiro atoms. The summed E-state index contributed by atoms with van der Waals surface area (Å²) in [5.74, 6) is -0.406. The van der Waals surface area contributed by atoms with Gasteiger partial charge in [-0.05, 0) is 49.4 Å². The van der Waals surface area contributed by atoms with E-state index >= 15 is 0 Å². The van der Waals surface area contributed by atoms with Crippen LogP contribution in [0.2, 0.25) is 0 Å². The molecule has 1 fully saturated rings. The van der Waals surface area contributed by atoms with Crippen LogP contribution in [0.25, 0.3) is 22.1 Å². The summed E-state index contributed by atoms with van der Waals surface area (Å²) in [6.45, 7) is 3.27. The Labute approximate surface area is 166 Å². The second kappa shape index (κ2) is 7.54. The minimum Gasteiger partial charge on any atom is -0.462 e. The average molecular weight is 395 g/mol. The van der Waals surface area contributed by atoms with Gasteiger partial charge in [-0.2, -0.15) is 4.98 Å². The van der Waals surface area contributed by atoms with E-state index in [0.717, 1.165) is 24.8 Å². The topological polar surface area (TPSA) is 116 Å². The lowest BCUT2D eigenvalue weighted by Crippen LogP contribution is -2.31. The molecule has 0 unspecified atom stereocenters. The van der Waals surface area contributed by atoms with E-state index in [0.29, 0.717) is 24.1 Å². The Morgan fingerprint density at radius 2 is 2.07 bits per heavy atom. The maximum atomic E-state index is 13.1. The molecule has 8 nitrogen and oxygen atoms in total. The third-order valence-electron chi connectivity index (χ3n) is 5.36. The van der Waals surface area contributed by atoms with E-state index in [-0.39, 0.29) is 40.4 Å². The molecule has 1 saturated heterocycles. The number of esters is 1. The van der Waals surface area contributed by atoms with E-state index in [4.69, 9.17) is 14.9 Å². The normalized spacial score (nSPS) is 15.0. The lowest BCUT2D eigenvalue weighted by atomic mass is 9.89. The number of fused-ring (bicyclic) bond motifs is 2. The number of ether oxygens (including phenoxy) is 1. The van der Waals surface area contributed by atoms with Crippen molar-refractivity contribution in [2.24, 2.45) is 0 Å². The Hall–Kier alpha value is -3.42. The molecule has 1 aliphatic rings. The maximum Gasteiger partial charge on any atom is 0.341 e. The molecule has 1 aromatic carbocycles. The number of nitrogens with zero attached hydrogens (tertiary/aromatic N) is 2. The summed E-state index contributed by atoms with van der Waals surface area (Å²) < 4.78 is 10.8. The zero-order chi connectivity index (χ0) is 20.5. The summed E-state index contributed by atoms with van der Waals surface area (Å²) in [7, 11) is 0. The molecule has 0 atom stereocenters. The van der Waals surface area contributed by atoms with Gasteiger partial charge in [-0.3, -0.25) is 9.59 Å². The fourth-order valence-corrected chi connectivity index (χ4v) is 3.78. The highest BCUT2D eigenvalue weighted by molar-refractivity contribution is 5.99. The molecule has 8 heteroatoms. The minimum atomic E-state index is -0.630. The summed E-state index contributed by atoms with van der Waals surface area (Å²) in [5, 5.41) is 0.608. The molecule has 2 aromatic heterocycles. The number of pyridine rings is 1. The number of likely N-dealkylation sites (tertiary alicyclic amines) is 1. The number of nitrogen functional groups attached to an aromatic ring is 1. The quantitative estimate of drug-likeness (QED) is 0.410. The van der Waals surface area contributed by atoms with Gasteiger partial charge in [0.15, 0.2) is 0 Å². The molecule has 150 valence electrons. The van der Waals surface area contributed by atoms with Crippen molar-refractivity contribution in [3.63, 3.8) is 0 Å². The van der Waals surface area contributed by atoms with Gasteiger partial charge in [-0.1, -0.05) is 6.07 Å². The predicted octanol–water partition coefficient (Wildman–Crippen LogP) is 2.44. The number of nitrogens with two attached hydrogens (primary N) is 1. The molecule has 4 rings (SSSR count). The number of carbonyl (C=O) groups excluding carboxylic acids is 2. The number of hydrogen-bond acceptors (Lipinski definition) is 7. The van der Waals surface area contributed by atoms with E-state index in [1.165, 1.54) is 6.07 Å². The van der Waals surface area contributed by atoms with Crippen molar-refractivity contribution in [3.05, 3.63) is 45.6 Å². The van der Waals surface area contributed by atoms with Crippen LogP contribution in [0.15, 0.2) is 33.5 Å². The van der Waals surface area contributed by atoms with Crippen molar-refractivity contribution in [2.75, 3.05) is 25.4 Å². The van der Waals surface area contributed by atoms with E-state index in [2.05, 4.69) is 4.98 Å². The summed E-state index contributed by atoms with van der Waals surface area (Å²) in [6.07, 6.45) is 2.56. The number of hydrogen-bond donors (Lipinski definition) is 1. The van der Waals surface area contributed by atoms with Gasteiger partial charge in [0.25, 0.3) is 0 Å². The standard InChI is InChI=1S/C21H21N3O5/c1-2-28-21(27)16-10-15-18(26)14-9-13(12-5-7-24(11-25)8-6-12)3-4-17(14)29-20(15)23-19(16)22/h3-4,9-12H,2,5-8H2,1H3,(H2,22,23). The molecule has 0 aliphatic carbocycles. The van der Waals surface area contributed by atoms with Crippen molar-refractivity contribution < 1.29 is 18.7 Å².